The average molecular weight is 783 g/mol. The quantitative estimate of drug-likeness (QED) is 0.0358. The summed E-state index contributed by atoms with van der Waals surface area (Å²) in [6.07, 6.45) is 5.25. The Morgan fingerprint density at radius 1 is 0.959 bits per heavy atom. The van der Waals surface area contributed by atoms with E-state index in [2.05, 4.69) is 41.3 Å². The van der Waals surface area contributed by atoms with Gasteiger partial charge in [0.05, 0.1) is 37.7 Å². The number of aromatic nitrogens is 4. The number of ether oxygens (including phenoxy) is 2. The van der Waals surface area contributed by atoms with Gasteiger partial charge in [0.2, 0.25) is 0 Å². The van der Waals surface area contributed by atoms with Gasteiger partial charge in [-0.1, -0.05) is 12.1 Å². The zero-order chi connectivity index (χ0) is 35.0. The van der Waals surface area contributed by atoms with E-state index in [4.69, 9.17) is 20.0 Å². The number of hydrogen-bond acceptors (Lipinski definition) is 11. The number of aromatic amines is 1. The first-order chi connectivity index (χ1) is 21.6. The number of carbonyl (C=O) groups is 4. The zero-order valence-electron chi connectivity index (χ0n) is 27.1. The summed E-state index contributed by atoms with van der Waals surface area (Å²) in [7, 11) is 2.44. The minimum absolute atomic E-state index is 0. The van der Waals surface area contributed by atoms with Crippen molar-refractivity contribution >= 4 is 36.0 Å². The number of carbonyl (C=O) groups excluding carboxylic acids is 4. The maximum atomic E-state index is 13.8. The molecule has 0 amide bonds. The molecule has 13 nitrogen and oxygen atoms in total. The summed E-state index contributed by atoms with van der Waals surface area (Å²) in [4.78, 5) is 42.6. The number of carboxylic acid groups (broad SMARTS) is 1. The molecule has 0 spiro atoms. The van der Waals surface area contributed by atoms with Crippen molar-refractivity contribution in [1.29, 1.82) is 0 Å². The van der Waals surface area contributed by atoms with Crippen molar-refractivity contribution < 1.29 is 204 Å². The van der Waals surface area contributed by atoms with Crippen molar-refractivity contribution in [2.75, 3.05) is 14.2 Å². The molecule has 4 rings (SSSR count). The molecule has 0 saturated carbocycles. The topological polar surface area (TPSA) is 189 Å². The first-order valence-electron chi connectivity index (χ1n) is 11.7. The second-order valence-electron chi connectivity index (χ2n) is 7.82. The van der Waals surface area contributed by atoms with E-state index in [1.54, 1.807) is 6.20 Å². The van der Waals surface area contributed by atoms with E-state index in [1.807, 2.05) is 0 Å². The van der Waals surface area contributed by atoms with Gasteiger partial charge in [0, 0.05) is 34.6 Å². The standard InChI is InChI=1S/C12H9F3N2O2.C11H9FN2O2.C2HClF2O2.CH2O3.2K.Na.H/c1-19-11(18)7-2-3-9(10(13)4-7)8-5-16-17(6-8)12(14)15;1-16-11(15)7-2-3-9(10(12)4-7)8-5-13-14-6-8;3-2(4,5)1(6)7;2-1-4-3;;;;/h2-6,12H,1H3;2-6H,1H3,(H,13,14);(H,6,7);1,3H;;;;/q;;;;3*+1;-1/p-2. The molecule has 2 heterocycles. The molecule has 0 fully saturated rings. The number of aliphatic carboxylic acids is 1. The largest absolute Gasteiger partial charge is 1.00 e. The maximum Gasteiger partial charge on any atom is 1.00 e. The third-order valence-corrected chi connectivity index (χ3v) is 5.13. The third kappa shape index (κ3) is 18.2. The molecule has 49 heavy (non-hydrogen) atoms. The van der Waals surface area contributed by atoms with E-state index in [0.29, 0.717) is 15.8 Å². The summed E-state index contributed by atoms with van der Waals surface area (Å²) in [6.45, 7) is -2.97. The van der Waals surface area contributed by atoms with Crippen LogP contribution in [0, 0.1) is 11.6 Å². The Labute approximate surface area is 386 Å². The van der Waals surface area contributed by atoms with Crippen LogP contribution in [0.3, 0.4) is 0 Å². The summed E-state index contributed by atoms with van der Waals surface area (Å²) >= 11 is 3.87. The van der Waals surface area contributed by atoms with Crippen LogP contribution in [0.1, 0.15) is 28.7 Å². The van der Waals surface area contributed by atoms with Gasteiger partial charge in [-0.15, -0.1) is 0 Å². The molecular formula is C26H20ClF6K2N4NaO9. The van der Waals surface area contributed by atoms with Gasteiger partial charge in [-0.25, -0.2) is 23.1 Å². The number of alkyl halides is 5. The van der Waals surface area contributed by atoms with Gasteiger partial charge in [0.1, 0.15) is 17.6 Å². The van der Waals surface area contributed by atoms with E-state index in [9.17, 15) is 35.9 Å². The SMILES string of the molecule is COC(=O)c1ccc(-c2cn[nH]c2)c(F)c1.COC(=O)c1ccc(-c2cnn(C(F)F)c2)c(F)c1.O=C([O-])C(F)(F)Cl.O=CO[O-].[H-].[K+].[K+].[Na+]. The van der Waals surface area contributed by atoms with Crippen LogP contribution in [-0.2, 0) is 24.0 Å². The minimum atomic E-state index is -4.22. The first-order valence-corrected chi connectivity index (χ1v) is 12.1. The number of hydrogen-bond donors (Lipinski definition) is 1. The van der Waals surface area contributed by atoms with E-state index >= 15 is 0 Å². The Hall–Kier alpha value is -1.16. The molecule has 2 aromatic heterocycles. The fourth-order valence-corrected chi connectivity index (χ4v) is 2.97. The molecule has 1 N–H and O–H groups in total. The van der Waals surface area contributed by atoms with Crippen LogP contribution in [0.25, 0.3) is 22.3 Å². The molecule has 0 unspecified atom stereocenters. The smallest absolute Gasteiger partial charge is 1.00 e. The number of esters is 2. The van der Waals surface area contributed by atoms with Gasteiger partial charge in [-0.2, -0.15) is 27.8 Å². The minimum Gasteiger partial charge on any atom is -1.00 e. The first kappa shape index (κ1) is 52.2. The number of nitrogens with zero attached hydrogens (tertiary/aromatic N) is 3. The van der Waals surface area contributed by atoms with Crippen LogP contribution in [0.15, 0.2) is 61.2 Å². The van der Waals surface area contributed by atoms with E-state index in [1.165, 1.54) is 44.7 Å². The number of methoxy groups -OCH3 is 2. The van der Waals surface area contributed by atoms with Crippen molar-refractivity contribution in [3.8, 4) is 22.3 Å². The van der Waals surface area contributed by atoms with Crippen molar-refractivity contribution in [2.24, 2.45) is 0 Å². The maximum absolute atomic E-state index is 13.8. The Bertz CT molecular complexity index is 1630. The van der Waals surface area contributed by atoms with Crippen LogP contribution in [0.4, 0.5) is 26.3 Å². The molecule has 0 aliphatic rings. The average Bonchev–Trinajstić information content (AvgIpc) is 3.74. The molecule has 2 aromatic carbocycles. The van der Waals surface area contributed by atoms with Gasteiger partial charge < -0.3 is 30.9 Å². The van der Waals surface area contributed by atoms with E-state index in [-0.39, 0.29) is 162 Å². The predicted molar refractivity (Wildman–Crippen MR) is 140 cm³/mol. The van der Waals surface area contributed by atoms with Gasteiger partial charge in [0.25, 0.3) is 6.47 Å². The van der Waals surface area contributed by atoms with Crippen molar-refractivity contribution in [3.05, 3.63) is 83.9 Å². The molecule has 0 atom stereocenters. The van der Waals surface area contributed by atoms with Crippen molar-refractivity contribution in [3.63, 3.8) is 0 Å². The predicted octanol–water partition coefficient (Wildman–Crippen LogP) is -6.00. The third-order valence-electron chi connectivity index (χ3n) is 4.97. The second-order valence-corrected chi connectivity index (χ2v) is 8.30. The monoisotopic (exact) mass is 782 g/mol. The molecule has 0 radical (unpaired) electrons. The van der Waals surface area contributed by atoms with Gasteiger partial charge in [-0.05, 0) is 35.9 Å². The molecule has 0 aliphatic heterocycles. The van der Waals surface area contributed by atoms with Crippen LogP contribution in [0.5, 0.6) is 0 Å². The van der Waals surface area contributed by atoms with E-state index in [0.717, 1.165) is 24.5 Å². The Kier molecular flexibility index (Phi) is 28.3. The van der Waals surface area contributed by atoms with Crippen molar-refractivity contribution in [2.45, 2.75) is 11.9 Å². The summed E-state index contributed by atoms with van der Waals surface area (Å²) in [5.74, 6) is -5.00. The number of H-pyrrole nitrogens is 1. The zero-order valence-corrected chi connectivity index (χ0v) is 35.1. The molecule has 0 bridgehead atoms. The van der Waals surface area contributed by atoms with Crippen LogP contribution in [0.2, 0.25) is 0 Å². The summed E-state index contributed by atoms with van der Waals surface area (Å²) in [5, 5.41) is 23.0. The molecule has 23 heteroatoms. The van der Waals surface area contributed by atoms with E-state index < -0.39 is 41.5 Å². The van der Waals surface area contributed by atoms with Gasteiger partial charge in [-0.3, -0.25) is 9.89 Å². The van der Waals surface area contributed by atoms with Crippen LogP contribution in [-0.4, -0.2) is 64.0 Å². The summed E-state index contributed by atoms with van der Waals surface area (Å²) in [6, 6.07) is 7.83. The Morgan fingerprint density at radius 2 is 1.39 bits per heavy atom. The normalized spacial score (nSPS) is 9.53. The van der Waals surface area contributed by atoms with Crippen molar-refractivity contribution in [1.82, 2.24) is 20.0 Å². The fourth-order valence-electron chi connectivity index (χ4n) is 2.97. The van der Waals surface area contributed by atoms with Crippen LogP contribution < -0.4 is 143 Å². The molecule has 250 valence electrons. The molecular weight excluding hydrogens is 763 g/mol. The van der Waals surface area contributed by atoms with Crippen LogP contribution >= 0.6 is 11.6 Å². The second kappa shape index (κ2) is 26.6. The Morgan fingerprint density at radius 3 is 1.67 bits per heavy atom. The Balaban J connectivity index is -0.000000310. The fraction of sp³-hybridized carbons (Fsp3) is 0.154. The number of carboxylic acids is 1. The van der Waals surface area contributed by atoms with Gasteiger partial charge >= 0.3 is 156 Å². The summed E-state index contributed by atoms with van der Waals surface area (Å²) in [5.41, 5.74) is 1.54. The number of benzene rings is 2. The number of nitrogens with one attached hydrogen (secondary N) is 1. The van der Waals surface area contributed by atoms with Gasteiger partial charge in [0.15, 0.2) is 0 Å². The molecule has 4 aromatic rings. The number of halogens is 7. The molecule has 0 saturated heterocycles. The molecule has 0 aliphatic carbocycles. The number of rotatable bonds is 7. The summed E-state index contributed by atoms with van der Waals surface area (Å²) < 4.78 is 83.5.